The Morgan fingerprint density at radius 2 is 1.92 bits per heavy atom. The Hall–Kier alpha value is -2.23. The summed E-state index contributed by atoms with van der Waals surface area (Å²) in [5, 5.41) is 5.89. The first kappa shape index (κ1) is 25.4. The van der Waals surface area contributed by atoms with Gasteiger partial charge in [-0.25, -0.2) is 4.98 Å². The lowest BCUT2D eigenvalue weighted by atomic mass is 9.88. The maximum absolute atomic E-state index is 13.5. The summed E-state index contributed by atoms with van der Waals surface area (Å²) in [6.07, 6.45) is 7.30. The fourth-order valence-electron chi connectivity index (χ4n) is 4.51. The third-order valence-electron chi connectivity index (χ3n) is 6.42. The lowest BCUT2D eigenvalue weighted by Gasteiger charge is -2.22. The van der Waals surface area contributed by atoms with Crippen molar-refractivity contribution in [3.63, 3.8) is 0 Å². The average Bonchev–Trinajstić information content (AvgIpc) is 2.89. The zero-order valence-corrected chi connectivity index (χ0v) is 24.0. The molecule has 0 radical (unpaired) electrons. The van der Waals surface area contributed by atoms with Gasteiger partial charge in [-0.1, -0.05) is 65.0 Å². The van der Waals surface area contributed by atoms with Crippen molar-refractivity contribution in [1.29, 1.82) is 0 Å². The van der Waals surface area contributed by atoms with E-state index in [1.54, 1.807) is 6.21 Å². The highest BCUT2D eigenvalue weighted by Crippen LogP contribution is 2.32. The quantitative estimate of drug-likeness (QED) is 0.154. The minimum absolute atomic E-state index is 0.146. The van der Waals surface area contributed by atoms with Gasteiger partial charge in [0.05, 0.1) is 20.7 Å². The van der Waals surface area contributed by atoms with E-state index in [2.05, 4.69) is 43.6 Å². The highest BCUT2D eigenvalue weighted by molar-refractivity contribution is 14.1. The number of benzene rings is 3. The van der Waals surface area contributed by atoms with Crippen molar-refractivity contribution in [2.24, 2.45) is 5.10 Å². The van der Waals surface area contributed by atoms with Gasteiger partial charge in [0.25, 0.3) is 5.56 Å². The van der Waals surface area contributed by atoms with Crippen LogP contribution in [0.15, 0.2) is 75.0 Å². The molecule has 0 atom stereocenters. The maximum Gasteiger partial charge on any atom is 0.282 e. The van der Waals surface area contributed by atoms with Crippen molar-refractivity contribution in [2.75, 3.05) is 0 Å². The van der Waals surface area contributed by atoms with Crippen LogP contribution in [0.4, 0.5) is 0 Å². The summed E-state index contributed by atoms with van der Waals surface area (Å²) in [6, 6.07) is 19.1. The summed E-state index contributed by atoms with van der Waals surface area (Å²) in [5.74, 6) is 1.75. The Labute approximate surface area is 236 Å². The molecule has 1 aliphatic carbocycles. The summed E-state index contributed by atoms with van der Waals surface area (Å²) in [4.78, 5) is 18.4. The van der Waals surface area contributed by atoms with E-state index in [4.69, 9.17) is 21.3 Å². The molecule has 4 aromatic rings. The molecule has 0 unspecified atom stereocenters. The minimum Gasteiger partial charge on any atom is -0.488 e. The van der Waals surface area contributed by atoms with Gasteiger partial charge >= 0.3 is 0 Å². The molecule has 8 heteroatoms. The van der Waals surface area contributed by atoms with Crippen LogP contribution in [-0.4, -0.2) is 15.9 Å². The third kappa shape index (κ3) is 5.68. The zero-order chi connectivity index (χ0) is 25.1. The van der Waals surface area contributed by atoms with E-state index >= 15 is 0 Å². The summed E-state index contributed by atoms with van der Waals surface area (Å²) in [5.41, 5.74) is 2.38. The monoisotopic (exact) mass is 675 g/mol. The number of nitrogens with zero attached hydrogens (tertiary/aromatic N) is 3. The molecule has 1 saturated carbocycles. The molecule has 0 N–H and O–H groups in total. The van der Waals surface area contributed by atoms with Crippen molar-refractivity contribution >= 4 is 67.2 Å². The molecule has 1 aliphatic rings. The number of ether oxygens (including phenoxy) is 1. The number of fused-ring (bicyclic) bond motifs is 1. The van der Waals surface area contributed by atoms with Gasteiger partial charge < -0.3 is 4.74 Å². The summed E-state index contributed by atoms with van der Waals surface area (Å²) in [6.45, 7) is 0.390. The van der Waals surface area contributed by atoms with Gasteiger partial charge in [-0.05, 0) is 83.5 Å². The number of hydrogen-bond acceptors (Lipinski definition) is 4. The molecule has 5 nitrogen and oxygen atoms in total. The van der Waals surface area contributed by atoms with Gasteiger partial charge in [0.15, 0.2) is 0 Å². The normalized spacial score (nSPS) is 14.5. The Kier molecular flexibility index (Phi) is 8.08. The lowest BCUT2D eigenvalue weighted by molar-refractivity contribution is 0.304. The van der Waals surface area contributed by atoms with Crippen molar-refractivity contribution in [1.82, 2.24) is 9.66 Å². The average molecular weight is 677 g/mol. The Morgan fingerprint density at radius 3 is 2.69 bits per heavy atom. The second-order valence-electron chi connectivity index (χ2n) is 8.90. The Balaban J connectivity index is 1.44. The van der Waals surface area contributed by atoms with E-state index in [-0.39, 0.29) is 11.5 Å². The maximum atomic E-state index is 13.5. The highest BCUT2D eigenvalue weighted by atomic mass is 127. The molecule has 36 heavy (non-hydrogen) atoms. The summed E-state index contributed by atoms with van der Waals surface area (Å²) >= 11 is 12.0. The smallest absolute Gasteiger partial charge is 0.282 e. The predicted molar refractivity (Wildman–Crippen MR) is 157 cm³/mol. The fourth-order valence-corrected chi connectivity index (χ4v) is 5.76. The SMILES string of the molecule is O=c1c2cc(Br)ccc2nc(C2CCCCC2)n1N=Cc1ccc(OCc2ccccc2Cl)c(I)c1. The van der Waals surface area contributed by atoms with Crippen LogP contribution in [0, 0.1) is 3.57 Å². The summed E-state index contributed by atoms with van der Waals surface area (Å²) in [7, 11) is 0. The molecular weight excluding hydrogens is 653 g/mol. The number of aromatic nitrogens is 2. The number of rotatable bonds is 6. The molecule has 0 aliphatic heterocycles. The van der Waals surface area contributed by atoms with Crippen LogP contribution in [-0.2, 0) is 6.61 Å². The van der Waals surface area contributed by atoms with E-state index in [0.717, 1.165) is 56.4 Å². The van der Waals surface area contributed by atoms with Crippen LogP contribution in [0.5, 0.6) is 5.75 Å². The van der Waals surface area contributed by atoms with Crippen LogP contribution in [0.3, 0.4) is 0 Å². The molecule has 0 saturated heterocycles. The largest absolute Gasteiger partial charge is 0.488 e. The highest BCUT2D eigenvalue weighted by Gasteiger charge is 2.22. The van der Waals surface area contributed by atoms with Crippen LogP contribution in [0.2, 0.25) is 5.02 Å². The molecule has 1 fully saturated rings. The van der Waals surface area contributed by atoms with Crippen LogP contribution < -0.4 is 10.3 Å². The minimum atomic E-state index is -0.146. The molecule has 1 heterocycles. The number of halogens is 3. The molecule has 0 amide bonds. The first-order valence-electron chi connectivity index (χ1n) is 11.9. The molecule has 0 spiro atoms. The molecular formula is C28H24BrClIN3O2. The van der Waals surface area contributed by atoms with Crippen molar-refractivity contribution in [3.8, 4) is 5.75 Å². The van der Waals surface area contributed by atoms with Crippen molar-refractivity contribution < 1.29 is 4.74 Å². The fraction of sp³-hybridized carbons (Fsp3) is 0.250. The topological polar surface area (TPSA) is 56.5 Å². The van der Waals surface area contributed by atoms with Gasteiger partial charge in [0.2, 0.25) is 0 Å². The lowest BCUT2D eigenvalue weighted by Crippen LogP contribution is -2.25. The van der Waals surface area contributed by atoms with Crippen LogP contribution in [0.25, 0.3) is 10.9 Å². The van der Waals surface area contributed by atoms with Gasteiger partial charge in [-0.3, -0.25) is 4.79 Å². The van der Waals surface area contributed by atoms with E-state index in [9.17, 15) is 4.79 Å². The summed E-state index contributed by atoms with van der Waals surface area (Å²) < 4.78 is 9.28. The van der Waals surface area contributed by atoms with E-state index in [0.29, 0.717) is 22.5 Å². The van der Waals surface area contributed by atoms with Gasteiger partial charge in [0.1, 0.15) is 18.2 Å². The number of hydrogen-bond donors (Lipinski definition) is 0. The van der Waals surface area contributed by atoms with Gasteiger partial charge in [-0.15, -0.1) is 0 Å². The Bertz CT molecular complexity index is 1500. The van der Waals surface area contributed by atoms with Crippen LogP contribution >= 0.6 is 50.1 Å². The van der Waals surface area contributed by atoms with Gasteiger partial charge in [0, 0.05) is 21.0 Å². The van der Waals surface area contributed by atoms with E-state index in [1.807, 2.05) is 60.7 Å². The van der Waals surface area contributed by atoms with Crippen molar-refractivity contribution in [2.45, 2.75) is 44.6 Å². The Morgan fingerprint density at radius 1 is 1.11 bits per heavy atom. The second kappa shape index (κ2) is 11.4. The van der Waals surface area contributed by atoms with Crippen LogP contribution in [0.1, 0.15) is 55.0 Å². The molecule has 0 bridgehead atoms. The standard InChI is InChI=1S/C28H24BrClIN3O2/c29-21-11-12-25-22(15-21)28(35)34(27(33-25)19-6-2-1-3-7-19)32-16-18-10-13-26(24(31)14-18)36-17-20-8-4-5-9-23(20)30/h4-5,8-16,19H,1-3,6-7,17H2. The molecule has 184 valence electrons. The predicted octanol–water partition coefficient (Wildman–Crippen LogP) is 7.93. The molecule has 5 rings (SSSR count). The van der Waals surface area contributed by atoms with Gasteiger partial charge in [-0.2, -0.15) is 9.78 Å². The molecule has 3 aromatic carbocycles. The molecule has 1 aromatic heterocycles. The first-order valence-corrected chi connectivity index (χ1v) is 14.2. The zero-order valence-electron chi connectivity index (χ0n) is 19.5. The second-order valence-corrected chi connectivity index (χ2v) is 11.4. The van der Waals surface area contributed by atoms with E-state index in [1.165, 1.54) is 11.1 Å². The third-order valence-corrected chi connectivity index (χ3v) is 8.13. The van der Waals surface area contributed by atoms with Crippen molar-refractivity contribution in [3.05, 3.63) is 101 Å². The first-order chi connectivity index (χ1) is 17.5. The van der Waals surface area contributed by atoms with E-state index < -0.39 is 0 Å².